The number of fused-ring (bicyclic) bond motifs is 1. The molecule has 2 fully saturated rings. The van der Waals surface area contributed by atoms with E-state index >= 15 is 0 Å². The number of methoxy groups -OCH3 is 1. The van der Waals surface area contributed by atoms with Crippen molar-refractivity contribution in [1.29, 1.82) is 0 Å². The summed E-state index contributed by atoms with van der Waals surface area (Å²) in [6.45, 7) is 3.83. The highest BCUT2D eigenvalue weighted by molar-refractivity contribution is 5.94. The average Bonchev–Trinajstić information content (AvgIpc) is 3.27. The first-order valence-electron chi connectivity index (χ1n) is 9.05. The van der Waals surface area contributed by atoms with Gasteiger partial charge in [0.1, 0.15) is 11.9 Å². The molecular formula is C19H24N4O3. The minimum Gasteiger partial charge on any atom is -0.380 e. The van der Waals surface area contributed by atoms with E-state index in [1.54, 1.807) is 7.11 Å². The lowest BCUT2D eigenvalue weighted by Gasteiger charge is -2.34. The van der Waals surface area contributed by atoms with Crippen LogP contribution in [0.1, 0.15) is 46.5 Å². The molecule has 1 aromatic carbocycles. The number of aryl methyl sites for hydroxylation is 1. The molecule has 138 valence electrons. The van der Waals surface area contributed by atoms with Gasteiger partial charge >= 0.3 is 0 Å². The molecule has 2 aliphatic heterocycles. The van der Waals surface area contributed by atoms with Gasteiger partial charge in [-0.15, -0.1) is 0 Å². The first-order valence-corrected chi connectivity index (χ1v) is 9.05. The number of rotatable bonds is 4. The Labute approximate surface area is 152 Å². The van der Waals surface area contributed by atoms with E-state index in [0.29, 0.717) is 24.6 Å². The van der Waals surface area contributed by atoms with Gasteiger partial charge in [-0.05, 0) is 43.4 Å². The van der Waals surface area contributed by atoms with Crippen LogP contribution < -0.4 is 0 Å². The quantitative estimate of drug-likeness (QED) is 0.909. The van der Waals surface area contributed by atoms with Crippen LogP contribution >= 0.6 is 0 Å². The van der Waals surface area contributed by atoms with Crippen LogP contribution in [0.5, 0.6) is 0 Å². The van der Waals surface area contributed by atoms with E-state index in [9.17, 15) is 4.79 Å². The summed E-state index contributed by atoms with van der Waals surface area (Å²) < 4.78 is 11.3. The third kappa shape index (κ3) is 3.37. The van der Waals surface area contributed by atoms with Crippen LogP contribution in [0.2, 0.25) is 0 Å². The van der Waals surface area contributed by atoms with E-state index < -0.39 is 0 Å². The van der Waals surface area contributed by atoms with Gasteiger partial charge < -0.3 is 14.4 Å². The number of aromatic amines is 1. The third-order valence-corrected chi connectivity index (χ3v) is 5.25. The van der Waals surface area contributed by atoms with Crippen molar-refractivity contribution in [3.63, 3.8) is 0 Å². The SMILES string of the molecule is COCc1ccc(C(=O)N2CCC3C[C@H](c4n[nH]c(C)n4)O[C@@H]3C2)cc1. The maximum Gasteiger partial charge on any atom is 0.253 e. The molecular weight excluding hydrogens is 332 g/mol. The Hall–Kier alpha value is -2.25. The second-order valence-electron chi connectivity index (χ2n) is 7.11. The molecule has 7 heteroatoms. The van der Waals surface area contributed by atoms with Crippen molar-refractivity contribution >= 4 is 5.91 Å². The predicted octanol–water partition coefficient (Wildman–Crippen LogP) is 2.25. The highest BCUT2D eigenvalue weighted by Gasteiger charge is 2.42. The smallest absolute Gasteiger partial charge is 0.253 e. The second-order valence-corrected chi connectivity index (χ2v) is 7.11. The monoisotopic (exact) mass is 356 g/mol. The number of hydrogen-bond acceptors (Lipinski definition) is 5. The van der Waals surface area contributed by atoms with Crippen molar-refractivity contribution in [3.8, 4) is 0 Å². The van der Waals surface area contributed by atoms with Gasteiger partial charge in [-0.3, -0.25) is 9.89 Å². The topological polar surface area (TPSA) is 80.3 Å². The van der Waals surface area contributed by atoms with Crippen molar-refractivity contribution in [2.75, 3.05) is 20.2 Å². The van der Waals surface area contributed by atoms with Gasteiger partial charge in [0.05, 0.1) is 12.7 Å². The van der Waals surface area contributed by atoms with E-state index in [1.165, 1.54) is 0 Å². The van der Waals surface area contributed by atoms with Crippen molar-refractivity contribution in [3.05, 3.63) is 47.0 Å². The van der Waals surface area contributed by atoms with Gasteiger partial charge in [0, 0.05) is 25.8 Å². The van der Waals surface area contributed by atoms with Crippen molar-refractivity contribution in [2.24, 2.45) is 5.92 Å². The molecule has 1 N–H and O–H groups in total. The Morgan fingerprint density at radius 2 is 2.19 bits per heavy atom. The van der Waals surface area contributed by atoms with Crippen LogP contribution in [0.4, 0.5) is 0 Å². The van der Waals surface area contributed by atoms with E-state index in [4.69, 9.17) is 9.47 Å². The molecule has 3 heterocycles. The number of aromatic nitrogens is 3. The van der Waals surface area contributed by atoms with Gasteiger partial charge in [0.25, 0.3) is 5.91 Å². The summed E-state index contributed by atoms with van der Waals surface area (Å²) in [5.41, 5.74) is 1.77. The number of H-pyrrole nitrogens is 1. The lowest BCUT2D eigenvalue weighted by atomic mass is 9.91. The molecule has 0 aliphatic carbocycles. The van der Waals surface area contributed by atoms with Crippen molar-refractivity contribution in [1.82, 2.24) is 20.1 Å². The van der Waals surface area contributed by atoms with Crippen LogP contribution in [-0.2, 0) is 16.1 Å². The predicted molar refractivity (Wildman–Crippen MR) is 94.5 cm³/mol. The van der Waals surface area contributed by atoms with Crippen molar-refractivity contribution < 1.29 is 14.3 Å². The minimum atomic E-state index is -0.0710. The number of carbonyl (C=O) groups is 1. The first-order chi connectivity index (χ1) is 12.6. The molecule has 26 heavy (non-hydrogen) atoms. The maximum absolute atomic E-state index is 12.8. The number of piperidine rings is 1. The van der Waals surface area contributed by atoms with E-state index in [2.05, 4.69) is 15.2 Å². The number of amides is 1. The summed E-state index contributed by atoms with van der Waals surface area (Å²) in [7, 11) is 1.66. The molecule has 1 amide bonds. The molecule has 0 spiro atoms. The summed E-state index contributed by atoms with van der Waals surface area (Å²) >= 11 is 0. The fourth-order valence-corrected chi connectivity index (χ4v) is 3.88. The van der Waals surface area contributed by atoms with Gasteiger partial charge in [0.15, 0.2) is 5.82 Å². The number of carbonyl (C=O) groups excluding carboxylic acids is 1. The lowest BCUT2D eigenvalue weighted by molar-refractivity contribution is -0.00683. The highest BCUT2D eigenvalue weighted by atomic mass is 16.5. The van der Waals surface area contributed by atoms with Crippen LogP contribution in [-0.4, -0.2) is 52.3 Å². The second kappa shape index (κ2) is 7.17. The van der Waals surface area contributed by atoms with Crippen LogP contribution in [0.25, 0.3) is 0 Å². The van der Waals surface area contributed by atoms with E-state index in [1.807, 2.05) is 36.1 Å². The zero-order valence-corrected chi connectivity index (χ0v) is 15.1. The third-order valence-electron chi connectivity index (χ3n) is 5.25. The summed E-state index contributed by atoms with van der Waals surface area (Å²) in [6, 6.07) is 7.63. The van der Waals surface area contributed by atoms with Crippen LogP contribution in [0.15, 0.2) is 24.3 Å². The number of hydrogen-bond donors (Lipinski definition) is 1. The number of nitrogens with one attached hydrogen (secondary N) is 1. The summed E-state index contributed by atoms with van der Waals surface area (Å²) in [6.07, 6.45) is 1.87. The molecule has 7 nitrogen and oxygen atoms in total. The Bertz CT molecular complexity index is 773. The largest absolute Gasteiger partial charge is 0.380 e. The Morgan fingerprint density at radius 1 is 1.38 bits per heavy atom. The molecule has 0 saturated carbocycles. The molecule has 3 atom stereocenters. The molecule has 0 bridgehead atoms. The number of likely N-dealkylation sites (tertiary alicyclic amines) is 1. The average molecular weight is 356 g/mol. The van der Waals surface area contributed by atoms with Gasteiger partial charge in [0.2, 0.25) is 0 Å². The molecule has 1 unspecified atom stereocenters. The standard InChI is InChI=1S/C19H24N4O3/c1-12-20-18(22-21-12)16-9-15-7-8-23(10-17(15)26-16)19(24)14-5-3-13(4-6-14)11-25-2/h3-6,15-17H,7-11H2,1-2H3,(H,20,21,22)/t15?,16-,17-/m1/s1. The Balaban J connectivity index is 1.40. The van der Waals surface area contributed by atoms with Gasteiger partial charge in [-0.2, -0.15) is 5.10 Å². The van der Waals surface area contributed by atoms with Crippen LogP contribution in [0.3, 0.4) is 0 Å². The van der Waals surface area contributed by atoms with E-state index in [0.717, 1.165) is 36.6 Å². The minimum absolute atomic E-state index is 0.0595. The Morgan fingerprint density at radius 3 is 2.88 bits per heavy atom. The number of benzene rings is 1. The molecule has 2 aromatic rings. The van der Waals surface area contributed by atoms with Crippen LogP contribution in [0, 0.1) is 12.8 Å². The van der Waals surface area contributed by atoms with Gasteiger partial charge in [-0.1, -0.05) is 12.1 Å². The normalized spacial score (nSPS) is 25.3. The highest BCUT2D eigenvalue weighted by Crippen LogP contribution is 2.40. The molecule has 0 radical (unpaired) electrons. The number of nitrogens with zero attached hydrogens (tertiary/aromatic N) is 3. The lowest BCUT2D eigenvalue weighted by Crippen LogP contribution is -2.45. The summed E-state index contributed by atoms with van der Waals surface area (Å²) in [5.74, 6) is 2.05. The summed E-state index contributed by atoms with van der Waals surface area (Å²) in [4.78, 5) is 19.1. The summed E-state index contributed by atoms with van der Waals surface area (Å²) in [5, 5.41) is 7.10. The fraction of sp³-hybridized carbons (Fsp3) is 0.526. The first kappa shape index (κ1) is 17.2. The molecule has 2 saturated heterocycles. The van der Waals surface area contributed by atoms with Gasteiger partial charge in [-0.25, -0.2) is 4.98 Å². The molecule has 4 rings (SSSR count). The maximum atomic E-state index is 12.8. The fourth-order valence-electron chi connectivity index (χ4n) is 3.88. The van der Waals surface area contributed by atoms with E-state index in [-0.39, 0.29) is 18.1 Å². The zero-order valence-electron chi connectivity index (χ0n) is 15.1. The Kier molecular flexibility index (Phi) is 4.74. The van der Waals surface area contributed by atoms with Crippen molar-refractivity contribution in [2.45, 2.75) is 38.6 Å². The zero-order chi connectivity index (χ0) is 18.1. The molecule has 1 aromatic heterocycles. The molecule has 2 aliphatic rings. The number of ether oxygens (including phenoxy) is 2.